The van der Waals surface area contributed by atoms with Crippen LogP contribution in [-0.4, -0.2) is 47.7 Å². The summed E-state index contributed by atoms with van der Waals surface area (Å²) < 4.78 is 40.0. The van der Waals surface area contributed by atoms with Crippen molar-refractivity contribution in [2.75, 3.05) is 38.1 Å². The van der Waals surface area contributed by atoms with Crippen molar-refractivity contribution in [3.63, 3.8) is 0 Å². The Morgan fingerprint density at radius 2 is 1.62 bits per heavy atom. The number of rotatable bonds is 2. The molecule has 0 spiro atoms. The average Bonchev–Trinajstić information content (AvgIpc) is 2.68. The first-order chi connectivity index (χ1) is 13.8. The number of hydrogen-bond acceptors (Lipinski definition) is 4. The van der Waals surface area contributed by atoms with Gasteiger partial charge in [-0.3, -0.25) is 9.36 Å². The first-order valence-corrected chi connectivity index (χ1v) is 9.39. The Bertz CT molecular complexity index is 1100. The summed E-state index contributed by atoms with van der Waals surface area (Å²) in [6, 6.07) is 10.2. The number of hydrogen-bond donors (Lipinski definition) is 0. The van der Waals surface area contributed by atoms with Gasteiger partial charge in [-0.15, -0.1) is 0 Å². The van der Waals surface area contributed by atoms with Crippen molar-refractivity contribution in [3.05, 3.63) is 64.2 Å². The van der Waals surface area contributed by atoms with Gasteiger partial charge in [-0.25, -0.2) is 4.98 Å². The first kappa shape index (κ1) is 19.4. The van der Waals surface area contributed by atoms with E-state index in [1.807, 2.05) is 12.1 Å². The van der Waals surface area contributed by atoms with Gasteiger partial charge in [0.1, 0.15) is 5.82 Å². The molecule has 152 valence electrons. The second kappa shape index (κ2) is 7.18. The van der Waals surface area contributed by atoms with Gasteiger partial charge in [0.05, 0.1) is 27.8 Å². The molecule has 0 amide bonds. The maximum atomic E-state index is 13.4. The third-order valence-corrected chi connectivity index (χ3v) is 5.34. The van der Waals surface area contributed by atoms with Gasteiger partial charge in [-0.1, -0.05) is 6.07 Å². The van der Waals surface area contributed by atoms with Crippen LogP contribution in [0.15, 0.2) is 47.3 Å². The Labute approximate surface area is 166 Å². The van der Waals surface area contributed by atoms with Crippen molar-refractivity contribution in [1.29, 1.82) is 0 Å². The predicted octanol–water partition coefficient (Wildman–Crippen LogP) is 3.46. The fourth-order valence-electron chi connectivity index (χ4n) is 3.74. The van der Waals surface area contributed by atoms with Crippen molar-refractivity contribution >= 4 is 16.6 Å². The number of nitrogens with zero attached hydrogens (tertiary/aromatic N) is 4. The first-order valence-electron chi connectivity index (χ1n) is 9.39. The van der Waals surface area contributed by atoms with E-state index in [0.29, 0.717) is 22.4 Å². The molecule has 2 heterocycles. The fourth-order valence-corrected chi connectivity index (χ4v) is 3.74. The van der Waals surface area contributed by atoms with Crippen LogP contribution < -0.4 is 10.5 Å². The number of fused-ring (bicyclic) bond motifs is 1. The maximum absolute atomic E-state index is 13.4. The molecular weight excluding hydrogens is 381 g/mol. The molecule has 1 saturated heterocycles. The van der Waals surface area contributed by atoms with Crippen LogP contribution in [0, 0.1) is 6.92 Å². The number of benzene rings is 2. The van der Waals surface area contributed by atoms with E-state index < -0.39 is 11.7 Å². The molecule has 0 atom stereocenters. The quantitative estimate of drug-likeness (QED) is 0.658. The van der Waals surface area contributed by atoms with Crippen LogP contribution in [0.5, 0.6) is 0 Å². The zero-order valence-corrected chi connectivity index (χ0v) is 16.2. The van der Waals surface area contributed by atoms with Gasteiger partial charge in [0.15, 0.2) is 0 Å². The van der Waals surface area contributed by atoms with E-state index in [2.05, 4.69) is 21.8 Å². The molecule has 5 nitrogen and oxygen atoms in total. The molecule has 1 fully saturated rings. The summed E-state index contributed by atoms with van der Waals surface area (Å²) in [5.41, 5.74) is 0.740. The van der Waals surface area contributed by atoms with E-state index in [1.54, 1.807) is 13.0 Å². The molecular formula is C21H21F3N4O. The zero-order chi connectivity index (χ0) is 20.8. The maximum Gasteiger partial charge on any atom is 0.416 e. The van der Waals surface area contributed by atoms with Crippen LogP contribution >= 0.6 is 0 Å². The number of alkyl halides is 3. The standard InChI is InChI=1S/C21H21F3N4O/c1-14-25-17-4-3-5-18(27-12-10-26(2)11-13-27)19(17)20(29)28(14)16-8-6-15(7-9-16)21(22,23)24/h3-9H,10-13H2,1-2H3. The van der Waals surface area contributed by atoms with E-state index >= 15 is 0 Å². The Morgan fingerprint density at radius 3 is 2.24 bits per heavy atom. The molecule has 8 heteroatoms. The lowest BCUT2D eigenvalue weighted by Crippen LogP contribution is -2.45. The van der Waals surface area contributed by atoms with E-state index in [9.17, 15) is 18.0 Å². The number of likely N-dealkylation sites (N-methyl/N-ethyl adjacent to an activating group) is 1. The predicted molar refractivity (Wildman–Crippen MR) is 107 cm³/mol. The minimum Gasteiger partial charge on any atom is -0.368 e. The minimum absolute atomic E-state index is 0.276. The molecule has 1 aliphatic rings. The molecule has 0 N–H and O–H groups in total. The highest BCUT2D eigenvalue weighted by molar-refractivity contribution is 5.91. The minimum atomic E-state index is -4.42. The summed E-state index contributed by atoms with van der Waals surface area (Å²) in [5, 5.41) is 0.488. The highest BCUT2D eigenvalue weighted by atomic mass is 19.4. The van der Waals surface area contributed by atoms with E-state index in [4.69, 9.17) is 0 Å². The Hall–Kier alpha value is -2.87. The summed E-state index contributed by atoms with van der Waals surface area (Å²) in [7, 11) is 2.06. The smallest absolute Gasteiger partial charge is 0.368 e. The fraction of sp³-hybridized carbons (Fsp3) is 0.333. The summed E-state index contributed by atoms with van der Waals surface area (Å²) in [6.07, 6.45) is -4.42. The molecule has 4 rings (SSSR count). The SMILES string of the molecule is Cc1nc2cccc(N3CCN(C)CC3)c2c(=O)n1-c1ccc(C(F)(F)F)cc1. The second-order valence-corrected chi connectivity index (χ2v) is 7.31. The highest BCUT2D eigenvalue weighted by Crippen LogP contribution is 2.30. The molecule has 0 radical (unpaired) electrons. The topological polar surface area (TPSA) is 41.4 Å². The molecule has 0 bridgehead atoms. The number of aryl methyl sites for hydroxylation is 1. The molecule has 3 aromatic rings. The summed E-state index contributed by atoms with van der Waals surface area (Å²) in [6.45, 7) is 5.05. The molecule has 1 aliphatic heterocycles. The van der Waals surface area contributed by atoms with Crippen molar-refractivity contribution < 1.29 is 13.2 Å². The molecule has 0 saturated carbocycles. The molecule has 1 aromatic heterocycles. The lowest BCUT2D eigenvalue weighted by molar-refractivity contribution is -0.137. The average molecular weight is 402 g/mol. The van der Waals surface area contributed by atoms with E-state index in [1.165, 1.54) is 16.7 Å². The van der Waals surface area contributed by atoms with E-state index in [-0.39, 0.29) is 5.56 Å². The van der Waals surface area contributed by atoms with Gasteiger partial charge in [0, 0.05) is 26.2 Å². The number of aromatic nitrogens is 2. The Balaban J connectivity index is 1.86. The third kappa shape index (κ3) is 3.60. The van der Waals surface area contributed by atoms with Crippen LogP contribution in [0.25, 0.3) is 16.6 Å². The van der Waals surface area contributed by atoms with Gasteiger partial charge in [0.25, 0.3) is 5.56 Å². The molecule has 0 unspecified atom stereocenters. The van der Waals surface area contributed by atoms with Gasteiger partial charge in [-0.05, 0) is 50.4 Å². The Morgan fingerprint density at radius 1 is 0.966 bits per heavy atom. The summed E-state index contributed by atoms with van der Waals surface area (Å²) in [4.78, 5) is 22.4. The van der Waals surface area contributed by atoms with Crippen LogP contribution in [0.1, 0.15) is 11.4 Å². The van der Waals surface area contributed by atoms with Crippen molar-refractivity contribution in [3.8, 4) is 5.69 Å². The number of halogens is 3. The number of anilines is 1. The van der Waals surface area contributed by atoms with Gasteiger partial charge in [-0.2, -0.15) is 13.2 Å². The van der Waals surface area contributed by atoms with Crippen LogP contribution in [-0.2, 0) is 6.18 Å². The highest BCUT2D eigenvalue weighted by Gasteiger charge is 2.30. The Kier molecular flexibility index (Phi) is 4.82. The van der Waals surface area contributed by atoms with Crippen molar-refractivity contribution in [2.24, 2.45) is 0 Å². The summed E-state index contributed by atoms with van der Waals surface area (Å²) in [5.74, 6) is 0.429. The number of piperazine rings is 1. The van der Waals surface area contributed by atoms with Crippen LogP contribution in [0.3, 0.4) is 0 Å². The lowest BCUT2D eigenvalue weighted by Gasteiger charge is -2.34. The largest absolute Gasteiger partial charge is 0.416 e. The van der Waals surface area contributed by atoms with Crippen LogP contribution in [0.2, 0.25) is 0 Å². The van der Waals surface area contributed by atoms with Gasteiger partial charge < -0.3 is 9.80 Å². The van der Waals surface area contributed by atoms with Crippen molar-refractivity contribution in [2.45, 2.75) is 13.1 Å². The second-order valence-electron chi connectivity index (χ2n) is 7.31. The normalized spacial score (nSPS) is 15.8. The molecule has 0 aliphatic carbocycles. The van der Waals surface area contributed by atoms with Crippen molar-refractivity contribution in [1.82, 2.24) is 14.5 Å². The lowest BCUT2D eigenvalue weighted by atomic mass is 10.1. The van der Waals surface area contributed by atoms with Gasteiger partial charge >= 0.3 is 6.18 Å². The molecule has 2 aromatic carbocycles. The van der Waals surface area contributed by atoms with Gasteiger partial charge in [0.2, 0.25) is 0 Å². The third-order valence-electron chi connectivity index (χ3n) is 5.34. The zero-order valence-electron chi connectivity index (χ0n) is 16.2. The summed E-state index contributed by atoms with van der Waals surface area (Å²) >= 11 is 0. The van der Waals surface area contributed by atoms with Crippen LogP contribution in [0.4, 0.5) is 18.9 Å². The van der Waals surface area contributed by atoms with E-state index in [0.717, 1.165) is 44.0 Å². The molecule has 29 heavy (non-hydrogen) atoms. The monoisotopic (exact) mass is 402 g/mol.